The van der Waals surface area contributed by atoms with Gasteiger partial charge in [0.1, 0.15) is 0 Å². The molecule has 0 bridgehead atoms. The van der Waals surface area contributed by atoms with E-state index >= 15 is 0 Å². The van der Waals surface area contributed by atoms with Crippen molar-refractivity contribution in [2.75, 3.05) is 5.32 Å². The molecule has 3 rings (SSSR count). The van der Waals surface area contributed by atoms with Crippen LogP contribution in [0.15, 0.2) is 24.3 Å². The van der Waals surface area contributed by atoms with Crippen LogP contribution in [0.1, 0.15) is 37.7 Å². The van der Waals surface area contributed by atoms with Crippen molar-refractivity contribution in [3.8, 4) is 0 Å². The van der Waals surface area contributed by atoms with Crippen LogP contribution in [0.25, 0.3) is 0 Å². The Balaban J connectivity index is 1.59. The number of nitrogens with one attached hydrogen (secondary N) is 1. The fraction of sp³-hybridized carbons (Fsp3) is 0.500. The number of carbonyl (C=O) groups excluding carboxylic acids is 1. The van der Waals surface area contributed by atoms with E-state index in [0.29, 0.717) is 30.9 Å². The van der Waals surface area contributed by atoms with Gasteiger partial charge in [0, 0.05) is 18.2 Å². The Morgan fingerprint density at radius 1 is 1.29 bits per heavy atom. The lowest BCUT2D eigenvalue weighted by molar-refractivity contribution is -0.140. The Kier molecular flexibility index (Phi) is 3.45. The molecule has 1 atom stereocenters. The highest BCUT2D eigenvalue weighted by molar-refractivity contribution is 5.91. The van der Waals surface area contributed by atoms with Gasteiger partial charge in [-0.05, 0) is 49.3 Å². The van der Waals surface area contributed by atoms with Gasteiger partial charge in [-0.25, -0.2) is 0 Å². The van der Waals surface area contributed by atoms with Gasteiger partial charge in [0.25, 0.3) is 0 Å². The lowest BCUT2D eigenvalue weighted by atomic mass is 9.96. The number of hydrogen-bond donors (Lipinski definition) is 3. The molecule has 4 N–H and O–H groups in total. The summed E-state index contributed by atoms with van der Waals surface area (Å²) in [6, 6.07) is 7.05. The van der Waals surface area contributed by atoms with Crippen LogP contribution in [0, 0.1) is 5.92 Å². The molecule has 1 unspecified atom stereocenters. The molecule has 0 aliphatic heterocycles. The zero-order chi connectivity index (χ0) is 15.0. The first-order valence-corrected chi connectivity index (χ1v) is 7.41. The summed E-state index contributed by atoms with van der Waals surface area (Å²) in [5.41, 5.74) is 6.73. The predicted molar refractivity (Wildman–Crippen MR) is 78.9 cm³/mol. The minimum absolute atomic E-state index is 0.0500. The highest BCUT2D eigenvalue weighted by Gasteiger charge is 2.51. The van der Waals surface area contributed by atoms with E-state index in [4.69, 9.17) is 5.73 Å². The second-order valence-electron chi connectivity index (χ2n) is 6.22. The normalized spacial score (nSPS) is 20.6. The molecule has 5 heteroatoms. The molecule has 0 saturated heterocycles. The van der Waals surface area contributed by atoms with E-state index in [9.17, 15) is 14.7 Å². The molecule has 1 aromatic carbocycles. The number of anilines is 1. The first-order chi connectivity index (χ1) is 10.0. The maximum atomic E-state index is 11.9. The van der Waals surface area contributed by atoms with Crippen LogP contribution < -0.4 is 11.1 Å². The maximum absolute atomic E-state index is 11.9. The molecule has 112 valence electrons. The van der Waals surface area contributed by atoms with Gasteiger partial charge >= 0.3 is 5.97 Å². The second-order valence-corrected chi connectivity index (χ2v) is 6.22. The lowest BCUT2D eigenvalue weighted by Crippen LogP contribution is -2.28. The van der Waals surface area contributed by atoms with E-state index in [1.807, 2.05) is 0 Å². The third-order valence-electron chi connectivity index (χ3n) is 4.53. The number of nitrogens with two attached hydrogens (primary N) is 1. The average molecular weight is 288 g/mol. The van der Waals surface area contributed by atoms with Crippen molar-refractivity contribution in [3.05, 3.63) is 29.8 Å². The van der Waals surface area contributed by atoms with Gasteiger partial charge in [0.05, 0.1) is 5.41 Å². The first kappa shape index (κ1) is 14.1. The van der Waals surface area contributed by atoms with E-state index in [1.54, 1.807) is 24.3 Å². The van der Waals surface area contributed by atoms with Crippen molar-refractivity contribution in [2.45, 2.75) is 43.6 Å². The zero-order valence-electron chi connectivity index (χ0n) is 11.8. The highest BCUT2D eigenvalue weighted by Crippen LogP contribution is 2.48. The Morgan fingerprint density at radius 2 is 1.90 bits per heavy atom. The third kappa shape index (κ3) is 2.93. The third-order valence-corrected chi connectivity index (χ3v) is 4.53. The molecule has 2 aliphatic carbocycles. The monoisotopic (exact) mass is 288 g/mol. The molecule has 21 heavy (non-hydrogen) atoms. The SMILES string of the molecule is NC(CC(=O)Nc1ccc(C2(C(=O)O)CC2)cc1)C1CC1. The number of aliphatic carboxylic acids is 1. The minimum atomic E-state index is -0.769. The Labute approximate surface area is 123 Å². The smallest absolute Gasteiger partial charge is 0.314 e. The van der Waals surface area contributed by atoms with Crippen molar-refractivity contribution in [2.24, 2.45) is 11.7 Å². The van der Waals surface area contributed by atoms with Crippen LogP contribution in [0.2, 0.25) is 0 Å². The summed E-state index contributed by atoms with van der Waals surface area (Å²) in [5.74, 6) is -0.348. The highest BCUT2D eigenvalue weighted by atomic mass is 16.4. The number of benzene rings is 1. The van der Waals surface area contributed by atoms with E-state index in [2.05, 4.69) is 5.32 Å². The van der Waals surface area contributed by atoms with Gasteiger partial charge in [-0.1, -0.05) is 12.1 Å². The summed E-state index contributed by atoms with van der Waals surface area (Å²) in [6.07, 6.45) is 3.96. The van der Waals surface area contributed by atoms with Crippen LogP contribution in [0.4, 0.5) is 5.69 Å². The van der Waals surface area contributed by atoms with Crippen LogP contribution >= 0.6 is 0 Å². The summed E-state index contributed by atoms with van der Waals surface area (Å²) >= 11 is 0. The Morgan fingerprint density at radius 3 is 2.38 bits per heavy atom. The van der Waals surface area contributed by atoms with Crippen LogP contribution in [0.3, 0.4) is 0 Å². The fourth-order valence-corrected chi connectivity index (χ4v) is 2.74. The maximum Gasteiger partial charge on any atom is 0.314 e. The fourth-order valence-electron chi connectivity index (χ4n) is 2.74. The summed E-state index contributed by atoms with van der Waals surface area (Å²) in [4.78, 5) is 23.1. The molecule has 5 nitrogen and oxygen atoms in total. The van der Waals surface area contributed by atoms with E-state index in [-0.39, 0.29) is 11.9 Å². The van der Waals surface area contributed by atoms with Gasteiger partial charge in [-0.2, -0.15) is 0 Å². The molecule has 0 radical (unpaired) electrons. The van der Waals surface area contributed by atoms with E-state index < -0.39 is 11.4 Å². The largest absolute Gasteiger partial charge is 0.481 e. The number of carboxylic acids is 1. The summed E-state index contributed by atoms with van der Waals surface area (Å²) < 4.78 is 0. The average Bonchev–Trinajstić information content (AvgIpc) is 3.31. The summed E-state index contributed by atoms with van der Waals surface area (Å²) in [5, 5.41) is 12.1. The van der Waals surface area contributed by atoms with Gasteiger partial charge in [-0.3, -0.25) is 9.59 Å². The Bertz CT molecular complexity index is 559. The van der Waals surface area contributed by atoms with Crippen molar-refractivity contribution in [1.82, 2.24) is 0 Å². The molecule has 1 amide bonds. The Hall–Kier alpha value is -1.88. The van der Waals surface area contributed by atoms with Crippen LogP contribution in [-0.4, -0.2) is 23.0 Å². The molecule has 1 aromatic rings. The van der Waals surface area contributed by atoms with Gasteiger partial charge in [0.2, 0.25) is 5.91 Å². The quantitative estimate of drug-likeness (QED) is 0.745. The van der Waals surface area contributed by atoms with Crippen molar-refractivity contribution < 1.29 is 14.7 Å². The first-order valence-electron chi connectivity index (χ1n) is 7.41. The molecule has 2 fully saturated rings. The molecular weight excluding hydrogens is 268 g/mol. The number of carbonyl (C=O) groups is 2. The predicted octanol–water partition coefficient (Wildman–Crippen LogP) is 1.87. The van der Waals surface area contributed by atoms with Crippen LogP contribution in [-0.2, 0) is 15.0 Å². The molecular formula is C16H20N2O3. The van der Waals surface area contributed by atoms with Crippen molar-refractivity contribution in [1.29, 1.82) is 0 Å². The topological polar surface area (TPSA) is 92.4 Å². The van der Waals surface area contributed by atoms with E-state index in [0.717, 1.165) is 18.4 Å². The van der Waals surface area contributed by atoms with Crippen molar-refractivity contribution >= 4 is 17.6 Å². The lowest BCUT2D eigenvalue weighted by Gasteiger charge is -2.13. The zero-order valence-corrected chi connectivity index (χ0v) is 11.8. The number of rotatable bonds is 6. The molecule has 2 saturated carbocycles. The molecule has 2 aliphatic rings. The van der Waals surface area contributed by atoms with Crippen molar-refractivity contribution in [3.63, 3.8) is 0 Å². The molecule has 0 spiro atoms. The number of carboxylic acid groups (broad SMARTS) is 1. The van der Waals surface area contributed by atoms with Gasteiger partial charge < -0.3 is 16.2 Å². The number of amides is 1. The van der Waals surface area contributed by atoms with E-state index in [1.165, 1.54) is 0 Å². The molecule has 0 aromatic heterocycles. The summed E-state index contributed by atoms with van der Waals surface area (Å²) in [7, 11) is 0. The van der Waals surface area contributed by atoms with Gasteiger partial charge in [-0.15, -0.1) is 0 Å². The standard InChI is InChI=1S/C16H20N2O3/c17-13(10-1-2-10)9-14(19)18-12-5-3-11(4-6-12)16(7-8-16)15(20)21/h3-6,10,13H,1-2,7-9,17H2,(H,18,19)(H,20,21). The van der Waals surface area contributed by atoms with Gasteiger partial charge in [0.15, 0.2) is 0 Å². The van der Waals surface area contributed by atoms with Crippen LogP contribution in [0.5, 0.6) is 0 Å². The summed E-state index contributed by atoms with van der Waals surface area (Å²) in [6.45, 7) is 0. The minimum Gasteiger partial charge on any atom is -0.481 e. The number of hydrogen-bond acceptors (Lipinski definition) is 3. The molecule has 0 heterocycles. The second kappa shape index (κ2) is 5.15.